The Bertz CT molecular complexity index is 510. The number of nitro groups is 1. The molecule has 20 heavy (non-hydrogen) atoms. The number of ether oxygens (including phenoxy) is 1. The topological polar surface area (TPSA) is 52.4 Å². The third-order valence-corrected chi connectivity index (χ3v) is 4.79. The standard InChI is InChI=1S/C15H21NO3S/c1-11-7-12(2)14(13(8-11)16(17)18)19-9-15(10-20)5-3-4-6-15/h7-8,20H,3-6,9-10H2,1-2H3. The second kappa shape index (κ2) is 6.04. The van der Waals surface area contributed by atoms with E-state index in [1.165, 1.54) is 12.8 Å². The van der Waals surface area contributed by atoms with E-state index in [0.717, 1.165) is 29.7 Å². The quantitative estimate of drug-likeness (QED) is 0.506. The Balaban J connectivity index is 2.22. The first-order chi connectivity index (χ1) is 9.47. The summed E-state index contributed by atoms with van der Waals surface area (Å²) in [6.45, 7) is 4.23. The van der Waals surface area contributed by atoms with Crippen LogP contribution in [0.2, 0.25) is 0 Å². The fourth-order valence-electron chi connectivity index (χ4n) is 2.95. The lowest BCUT2D eigenvalue weighted by atomic mass is 9.90. The molecule has 0 saturated heterocycles. The first kappa shape index (κ1) is 15.2. The lowest BCUT2D eigenvalue weighted by Crippen LogP contribution is -2.27. The van der Waals surface area contributed by atoms with Crippen molar-refractivity contribution in [2.24, 2.45) is 5.41 Å². The van der Waals surface area contributed by atoms with Gasteiger partial charge >= 0.3 is 5.69 Å². The van der Waals surface area contributed by atoms with Gasteiger partial charge in [0.2, 0.25) is 0 Å². The zero-order valence-corrected chi connectivity index (χ0v) is 12.9. The molecule has 4 nitrogen and oxygen atoms in total. The number of thiol groups is 1. The molecule has 0 N–H and O–H groups in total. The number of hydrogen-bond acceptors (Lipinski definition) is 4. The second-order valence-corrected chi connectivity index (χ2v) is 6.16. The van der Waals surface area contributed by atoms with E-state index in [2.05, 4.69) is 12.6 Å². The number of aryl methyl sites for hydroxylation is 2. The van der Waals surface area contributed by atoms with Gasteiger partial charge < -0.3 is 4.74 Å². The molecule has 0 radical (unpaired) electrons. The second-order valence-electron chi connectivity index (χ2n) is 5.84. The predicted molar refractivity (Wildman–Crippen MR) is 82.8 cm³/mol. The molecule has 0 unspecified atom stereocenters. The van der Waals surface area contributed by atoms with Crippen LogP contribution in [0.25, 0.3) is 0 Å². The molecule has 1 aromatic carbocycles. The van der Waals surface area contributed by atoms with Gasteiger partial charge in [-0.05, 0) is 43.6 Å². The number of nitrogens with zero attached hydrogens (tertiary/aromatic N) is 1. The molecule has 1 aromatic rings. The average molecular weight is 295 g/mol. The highest BCUT2D eigenvalue weighted by atomic mass is 32.1. The molecule has 0 aliphatic heterocycles. The molecule has 0 atom stereocenters. The van der Waals surface area contributed by atoms with Crippen molar-refractivity contribution in [2.45, 2.75) is 39.5 Å². The van der Waals surface area contributed by atoms with E-state index < -0.39 is 0 Å². The number of nitro benzene ring substituents is 1. The summed E-state index contributed by atoms with van der Waals surface area (Å²) < 4.78 is 5.87. The third kappa shape index (κ3) is 3.08. The lowest BCUT2D eigenvalue weighted by molar-refractivity contribution is -0.386. The third-order valence-electron chi connectivity index (χ3n) is 4.12. The summed E-state index contributed by atoms with van der Waals surface area (Å²) in [5.41, 5.74) is 1.85. The van der Waals surface area contributed by atoms with Gasteiger partial charge in [0.25, 0.3) is 0 Å². The van der Waals surface area contributed by atoms with E-state index in [1.807, 2.05) is 19.9 Å². The summed E-state index contributed by atoms with van der Waals surface area (Å²) in [5, 5.41) is 11.2. The highest BCUT2D eigenvalue weighted by Gasteiger charge is 2.34. The predicted octanol–water partition coefficient (Wildman–Crippen LogP) is 4.08. The van der Waals surface area contributed by atoms with Gasteiger partial charge in [0.15, 0.2) is 5.75 Å². The van der Waals surface area contributed by atoms with Crippen LogP contribution in [0.3, 0.4) is 0 Å². The van der Waals surface area contributed by atoms with E-state index in [9.17, 15) is 10.1 Å². The van der Waals surface area contributed by atoms with E-state index >= 15 is 0 Å². The Kier molecular flexibility index (Phi) is 4.58. The summed E-state index contributed by atoms with van der Waals surface area (Å²) >= 11 is 4.44. The van der Waals surface area contributed by atoms with Crippen LogP contribution in [0.15, 0.2) is 12.1 Å². The highest BCUT2D eigenvalue weighted by Crippen LogP contribution is 2.41. The van der Waals surface area contributed by atoms with Crippen LogP contribution in [0.4, 0.5) is 5.69 Å². The number of benzene rings is 1. The average Bonchev–Trinajstić information content (AvgIpc) is 2.86. The molecule has 0 aromatic heterocycles. The molecule has 5 heteroatoms. The van der Waals surface area contributed by atoms with Crippen molar-refractivity contribution in [3.8, 4) is 5.75 Å². The van der Waals surface area contributed by atoms with E-state index in [-0.39, 0.29) is 16.0 Å². The summed E-state index contributed by atoms with van der Waals surface area (Å²) in [5.74, 6) is 1.18. The van der Waals surface area contributed by atoms with Gasteiger partial charge in [-0.3, -0.25) is 10.1 Å². The van der Waals surface area contributed by atoms with E-state index in [4.69, 9.17) is 4.74 Å². The molecule has 2 rings (SSSR count). The zero-order chi connectivity index (χ0) is 14.8. The van der Waals surface area contributed by atoms with Gasteiger partial charge in [0.1, 0.15) is 0 Å². The highest BCUT2D eigenvalue weighted by molar-refractivity contribution is 7.80. The molecule has 1 saturated carbocycles. The Morgan fingerprint density at radius 3 is 2.55 bits per heavy atom. The summed E-state index contributed by atoms with van der Waals surface area (Å²) in [6.07, 6.45) is 4.57. The first-order valence-corrected chi connectivity index (χ1v) is 7.60. The molecule has 110 valence electrons. The molecule has 1 fully saturated rings. The number of hydrogen-bond donors (Lipinski definition) is 1. The maximum atomic E-state index is 11.2. The van der Waals surface area contributed by atoms with Gasteiger partial charge in [-0.25, -0.2) is 0 Å². The fourth-order valence-corrected chi connectivity index (χ4v) is 3.36. The molecule has 1 aliphatic rings. The van der Waals surface area contributed by atoms with E-state index in [0.29, 0.717) is 12.4 Å². The van der Waals surface area contributed by atoms with Crippen molar-refractivity contribution < 1.29 is 9.66 Å². The van der Waals surface area contributed by atoms with Gasteiger partial charge in [0, 0.05) is 11.5 Å². The van der Waals surface area contributed by atoms with Crippen molar-refractivity contribution in [1.82, 2.24) is 0 Å². The van der Waals surface area contributed by atoms with Gasteiger partial charge in [0.05, 0.1) is 11.5 Å². The van der Waals surface area contributed by atoms with Crippen LogP contribution in [-0.4, -0.2) is 17.3 Å². The Morgan fingerprint density at radius 2 is 2.00 bits per heavy atom. The van der Waals surface area contributed by atoms with Crippen molar-refractivity contribution in [3.63, 3.8) is 0 Å². The Hall–Kier alpha value is -1.23. The summed E-state index contributed by atoms with van der Waals surface area (Å²) in [7, 11) is 0. The first-order valence-electron chi connectivity index (χ1n) is 6.97. The smallest absolute Gasteiger partial charge is 0.311 e. The molecule has 0 heterocycles. The van der Waals surface area contributed by atoms with Crippen LogP contribution < -0.4 is 4.74 Å². The van der Waals surface area contributed by atoms with Crippen molar-refractivity contribution in [2.75, 3.05) is 12.4 Å². The van der Waals surface area contributed by atoms with Crippen LogP contribution in [0.5, 0.6) is 5.75 Å². The van der Waals surface area contributed by atoms with Crippen LogP contribution >= 0.6 is 12.6 Å². The van der Waals surface area contributed by atoms with Crippen molar-refractivity contribution in [3.05, 3.63) is 33.4 Å². The van der Waals surface area contributed by atoms with Crippen LogP contribution in [0, 0.1) is 29.4 Å². The Morgan fingerprint density at radius 1 is 1.35 bits per heavy atom. The number of rotatable bonds is 5. The zero-order valence-electron chi connectivity index (χ0n) is 12.0. The molecule has 1 aliphatic carbocycles. The normalized spacial score (nSPS) is 17.1. The summed E-state index contributed by atoms with van der Waals surface area (Å²) in [4.78, 5) is 10.8. The largest absolute Gasteiger partial charge is 0.486 e. The minimum absolute atomic E-state index is 0.0646. The monoisotopic (exact) mass is 295 g/mol. The minimum Gasteiger partial charge on any atom is -0.486 e. The maximum Gasteiger partial charge on any atom is 0.311 e. The SMILES string of the molecule is Cc1cc(C)c(OCC2(CS)CCCC2)c([N+](=O)[O-])c1. The summed E-state index contributed by atoms with van der Waals surface area (Å²) in [6, 6.07) is 3.49. The molecule has 0 spiro atoms. The minimum atomic E-state index is -0.364. The molecule has 0 bridgehead atoms. The molecular formula is C15H21NO3S. The van der Waals surface area contributed by atoms with Gasteiger partial charge in [-0.15, -0.1) is 0 Å². The van der Waals surface area contributed by atoms with Crippen LogP contribution in [0.1, 0.15) is 36.8 Å². The van der Waals surface area contributed by atoms with Gasteiger partial charge in [-0.2, -0.15) is 12.6 Å². The van der Waals surface area contributed by atoms with Gasteiger partial charge in [-0.1, -0.05) is 18.9 Å². The maximum absolute atomic E-state index is 11.2. The van der Waals surface area contributed by atoms with E-state index in [1.54, 1.807) is 6.07 Å². The molecular weight excluding hydrogens is 274 g/mol. The molecule has 0 amide bonds. The van der Waals surface area contributed by atoms with Crippen LogP contribution in [-0.2, 0) is 0 Å². The Labute approximate surface area is 125 Å². The van der Waals surface area contributed by atoms with Crippen molar-refractivity contribution >= 4 is 18.3 Å². The fraction of sp³-hybridized carbons (Fsp3) is 0.600. The lowest BCUT2D eigenvalue weighted by Gasteiger charge is -2.27. The van der Waals surface area contributed by atoms with Crippen molar-refractivity contribution in [1.29, 1.82) is 0 Å².